The van der Waals surface area contributed by atoms with Gasteiger partial charge in [0.15, 0.2) is 0 Å². The smallest absolute Gasteiger partial charge is 0.246 e. The molecule has 118 valence electrons. The Hall–Kier alpha value is -1.27. The van der Waals surface area contributed by atoms with Crippen LogP contribution in [0.4, 0.5) is 5.69 Å². The summed E-state index contributed by atoms with van der Waals surface area (Å²) in [4.78, 5) is 0.203. The maximum atomic E-state index is 12.8. The van der Waals surface area contributed by atoms with Crippen LogP contribution in [0, 0.1) is 5.92 Å². The molecule has 1 aliphatic rings. The normalized spacial score (nSPS) is 21.0. The van der Waals surface area contributed by atoms with Gasteiger partial charge in [0.1, 0.15) is 10.6 Å². The van der Waals surface area contributed by atoms with Crippen LogP contribution in [0.5, 0.6) is 5.75 Å². The lowest BCUT2D eigenvalue weighted by atomic mass is 9.98. The van der Waals surface area contributed by atoms with Gasteiger partial charge in [0.2, 0.25) is 10.0 Å². The molecule has 1 unspecified atom stereocenters. The molecule has 5 nitrogen and oxygen atoms in total. The maximum absolute atomic E-state index is 12.8. The Morgan fingerprint density at radius 1 is 1.33 bits per heavy atom. The molecule has 1 aromatic carbocycles. The zero-order valence-corrected chi connectivity index (χ0v) is 13.5. The van der Waals surface area contributed by atoms with Crippen molar-refractivity contribution in [2.45, 2.75) is 37.5 Å². The monoisotopic (exact) mass is 312 g/mol. The van der Waals surface area contributed by atoms with E-state index in [-0.39, 0.29) is 4.90 Å². The number of nitrogen functional groups attached to an aromatic ring is 1. The topological polar surface area (TPSA) is 72.6 Å². The first kappa shape index (κ1) is 16.1. The molecule has 1 aliphatic heterocycles. The summed E-state index contributed by atoms with van der Waals surface area (Å²) in [6.45, 7) is 3.32. The Kier molecular flexibility index (Phi) is 5.11. The molecule has 0 radical (unpaired) electrons. The fourth-order valence-corrected chi connectivity index (χ4v) is 4.45. The third kappa shape index (κ3) is 3.49. The van der Waals surface area contributed by atoms with Crippen LogP contribution in [-0.2, 0) is 10.0 Å². The van der Waals surface area contributed by atoms with E-state index in [9.17, 15) is 8.42 Å². The second-order valence-corrected chi connectivity index (χ2v) is 7.43. The van der Waals surface area contributed by atoms with Crippen molar-refractivity contribution in [3.8, 4) is 5.75 Å². The third-order valence-electron chi connectivity index (χ3n) is 4.19. The second-order valence-electron chi connectivity index (χ2n) is 5.52. The number of methoxy groups -OCH3 is 1. The number of hydrogen-bond donors (Lipinski definition) is 1. The Morgan fingerprint density at radius 2 is 2.10 bits per heavy atom. The molecule has 0 aliphatic carbocycles. The van der Waals surface area contributed by atoms with E-state index in [1.165, 1.54) is 13.2 Å². The van der Waals surface area contributed by atoms with E-state index >= 15 is 0 Å². The first-order chi connectivity index (χ1) is 9.98. The van der Waals surface area contributed by atoms with Crippen LogP contribution in [0.25, 0.3) is 0 Å². The minimum Gasteiger partial charge on any atom is -0.495 e. The molecule has 1 aromatic rings. The van der Waals surface area contributed by atoms with E-state index in [2.05, 4.69) is 6.92 Å². The maximum Gasteiger partial charge on any atom is 0.246 e. The van der Waals surface area contributed by atoms with Crippen molar-refractivity contribution in [3.05, 3.63) is 18.2 Å². The summed E-state index contributed by atoms with van der Waals surface area (Å²) in [6, 6.07) is 4.69. The lowest BCUT2D eigenvalue weighted by Crippen LogP contribution is -2.32. The number of anilines is 1. The molecule has 0 spiro atoms. The first-order valence-corrected chi connectivity index (χ1v) is 8.86. The minimum absolute atomic E-state index is 0.203. The van der Waals surface area contributed by atoms with E-state index in [4.69, 9.17) is 10.5 Å². The highest BCUT2D eigenvalue weighted by Crippen LogP contribution is 2.31. The van der Waals surface area contributed by atoms with E-state index in [0.717, 1.165) is 25.7 Å². The number of hydrogen-bond acceptors (Lipinski definition) is 4. The zero-order valence-electron chi connectivity index (χ0n) is 12.7. The molecule has 6 heteroatoms. The zero-order chi connectivity index (χ0) is 15.5. The fraction of sp³-hybridized carbons (Fsp3) is 0.600. The van der Waals surface area contributed by atoms with E-state index < -0.39 is 10.0 Å². The molecule has 0 bridgehead atoms. The number of nitrogens with zero attached hydrogens (tertiary/aromatic N) is 1. The van der Waals surface area contributed by atoms with E-state index in [1.807, 2.05) is 0 Å². The van der Waals surface area contributed by atoms with Crippen LogP contribution in [0.1, 0.15) is 32.6 Å². The SMILES string of the molecule is CCC1CCCN(S(=O)(=O)c2ccc(N)cc2OC)CC1. The summed E-state index contributed by atoms with van der Waals surface area (Å²) in [5, 5.41) is 0. The number of sulfonamides is 1. The van der Waals surface area contributed by atoms with Crippen molar-refractivity contribution in [2.24, 2.45) is 5.92 Å². The van der Waals surface area contributed by atoms with Crippen molar-refractivity contribution in [3.63, 3.8) is 0 Å². The molecule has 1 atom stereocenters. The van der Waals surface area contributed by atoms with Crippen molar-refractivity contribution < 1.29 is 13.2 Å². The first-order valence-electron chi connectivity index (χ1n) is 7.42. The fourth-order valence-electron chi connectivity index (χ4n) is 2.82. The third-order valence-corrected chi connectivity index (χ3v) is 6.13. The van der Waals surface area contributed by atoms with Crippen LogP contribution in [0.2, 0.25) is 0 Å². The van der Waals surface area contributed by atoms with Crippen LogP contribution >= 0.6 is 0 Å². The van der Waals surface area contributed by atoms with Gasteiger partial charge in [0.25, 0.3) is 0 Å². The van der Waals surface area contributed by atoms with Gasteiger partial charge in [-0.25, -0.2) is 8.42 Å². The average molecular weight is 312 g/mol. The van der Waals surface area contributed by atoms with Crippen LogP contribution in [0.15, 0.2) is 23.1 Å². The predicted octanol–water partition coefficient (Wildman–Crippen LogP) is 2.48. The summed E-state index contributed by atoms with van der Waals surface area (Å²) < 4.78 is 32.4. The van der Waals surface area contributed by atoms with Gasteiger partial charge in [-0.05, 0) is 37.3 Å². The Morgan fingerprint density at radius 3 is 2.76 bits per heavy atom. The van der Waals surface area contributed by atoms with Gasteiger partial charge in [-0.2, -0.15) is 4.31 Å². The highest BCUT2D eigenvalue weighted by Gasteiger charge is 2.29. The largest absolute Gasteiger partial charge is 0.495 e. The molecular weight excluding hydrogens is 288 g/mol. The predicted molar refractivity (Wildman–Crippen MR) is 83.8 cm³/mol. The van der Waals surface area contributed by atoms with Gasteiger partial charge >= 0.3 is 0 Å². The van der Waals surface area contributed by atoms with E-state index in [1.54, 1.807) is 16.4 Å². The molecule has 1 fully saturated rings. The van der Waals surface area contributed by atoms with Gasteiger partial charge in [0, 0.05) is 24.8 Å². The van der Waals surface area contributed by atoms with Crippen molar-refractivity contribution in [2.75, 3.05) is 25.9 Å². The Labute approximate surface area is 127 Å². The van der Waals surface area contributed by atoms with Gasteiger partial charge < -0.3 is 10.5 Å². The molecule has 0 saturated carbocycles. The molecule has 1 saturated heterocycles. The number of ether oxygens (including phenoxy) is 1. The lowest BCUT2D eigenvalue weighted by molar-refractivity contribution is 0.388. The number of rotatable bonds is 4. The molecule has 0 amide bonds. The molecule has 0 aromatic heterocycles. The van der Waals surface area contributed by atoms with E-state index in [0.29, 0.717) is 30.4 Å². The van der Waals surface area contributed by atoms with Gasteiger partial charge in [-0.15, -0.1) is 0 Å². The Bertz CT molecular complexity index is 587. The summed E-state index contributed by atoms with van der Waals surface area (Å²) >= 11 is 0. The Balaban J connectivity index is 2.29. The van der Waals surface area contributed by atoms with Gasteiger partial charge in [-0.1, -0.05) is 13.3 Å². The standard InChI is InChI=1S/C15H24N2O3S/c1-3-12-5-4-9-17(10-8-12)21(18,19)15-7-6-13(16)11-14(15)20-2/h6-7,11-12H,3-5,8-10,16H2,1-2H3. The quantitative estimate of drug-likeness (QED) is 0.867. The highest BCUT2D eigenvalue weighted by atomic mass is 32.2. The number of nitrogens with two attached hydrogens (primary N) is 1. The minimum atomic E-state index is -3.52. The highest BCUT2D eigenvalue weighted by molar-refractivity contribution is 7.89. The summed E-state index contributed by atoms with van der Waals surface area (Å²) in [6.07, 6.45) is 4.04. The molecule has 2 N–H and O–H groups in total. The van der Waals surface area contributed by atoms with Crippen LogP contribution in [0.3, 0.4) is 0 Å². The second kappa shape index (κ2) is 6.66. The summed E-state index contributed by atoms with van der Waals surface area (Å²) in [5.41, 5.74) is 6.19. The molecule has 1 heterocycles. The molecule has 21 heavy (non-hydrogen) atoms. The lowest BCUT2D eigenvalue weighted by Gasteiger charge is -2.21. The van der Waals surface area contributed by atoms with Gasteiger partial charge in [0.05, 0.1) is 7.11 Å². The summed E-state index contributed by atoms with van der Waals surface area (Å²) in [5.74, 6) is 0.935. The number of benzene rings is 1. The van der Waals surface area contributed by atoms with Crippen molar-refractivity contribution >= 4 is 15.7 Å². The van der Waals surface area contributed by atoms with Crippen LogP contribution in [-0.4, -0.2) is 32.9 Å². The summed E-state index contributed by atoms with van der Waals surface area (Å²) in [7, 11) is -2.06. The molecule has 2 rings (SSSR count). The van der Waals surface area contributed by atoms with Gasteiger partial charge in [-0.3, -0.25) is 0 Å². The van der Waals surface area contributed by atoms with Crippen molar-refractivity contribution in [1.82, 2.24) is 4.31 Å². The van der Waals surface area contributed by atoms with Crippen LogP contribution < -0.4 is 10.5 Å². The average Bonchev–Trinajstić information content (AvgIpc) is 2.72. The molecular formula is C15H24N2O3S. The van der Waals surface area contributed by atoms with Crippen molar-refractivity contribution in [1.29, 1.82) is 0 Å².